The summed E-state index contributed by atoms with van der Waals surface area (Å²) >= 11 is 1.67. The average Bonchev–Trinajstić information content (AvgIpc) is 2.67. The van der Waals surface area contributed by atoms with Crippen LogP contribution < -0.4 is 5.73 Å². The van der Waals surface area contributed by atoms with E-state index in [1.165, 1.54) is 4.88 Å². The molecule has 2 N–H and O–H groups in total. The smallest absolute Gasteiger partial charge is 0.224 e. The minimum absolute atomic E-state index is 0. The molecule has 16 heavy (non-hydrogen) atoms. The standard InChI is InChI=1S/C11H18N2OS.ClH/c1-8(12)7-11(14)13(3)9(2)10-5-4-6-15-10;/h4-6,8-9H,7,12H2,1-3H3;1H. The summed E-state index contributed by atoms with van der Waals surface area (Å²) in [5.41, 5.74) is 5.61. The van der Waals surface area contributed by atoms with E-state index >= 15 is 0 Å². The molecule has 0 fully saturated rings. The molecule has 0 spiro atoms. The van der Waals surface area contributed by atoms with Crippen molar-refractivity contribution < 1.29 is 4.79 Å². The maximum absolute atomic E-state index is 11.7. The van der Waals surface area contributed by atoms with E-state index in [9.17, 15) is 4.79 Å². The predicted molar refractivity (Wildman–Crippen MR) is 71.0 cm³/mol. The van der Waals surface area contributed by atoms with E-state index in [2.05, 4.69) is 0 Å². The SMILES string of the molecule is CC(N)CC(=O)N(C)C(C)c1cccs1.Cl. The van der Waals surface area contributed by atoms with E-state index in [1.807, 2.05) is 38.4 Å². The van der Waals surface area contributed by atoms with Crippen molar-refractivity contribution in [3.63, 3.8) is 0 Å². The van der Waals surface area contributed by atoms with Crippen LogP contribution in [-0.2, 0) is 4.79 Å². The summed E-state index contributed by atoms with van der Waals surface area (Å²) in [7, 11) is 1.83. The first-order valence-corrected chi connectivity index (χ1v) is 5.95. The van der Waals surface area contributed by atoms with Gasteiger partial charge < -0.3 is 10.6 Å². The van der Waals surface area contributed by atoms with Gasteiger partial charge in [-0.05, 0) is 25.3 Å². The molecule has 2 unspecified atom stereocenters. The van der Waals surface area contributed by atoms with Crippen LogP contribution >= 0.6 is 23.7 Å². The largest absolute Gasteiger partial charge is 0.338 e. The summed E-state index contributed by atoms with van der Waals surface area (Å²) in [4.78, 5) is 14.7. The first-order valence-electron chi connectivity index (χ1n) is 5.07. The second-order valence-corrected chi connectivity index (χ2v) is 4.86. The maximum atomic E-state index is 11.7. The molecule has 0 saturated heterocycles. The minimum Gasteiger partial charge on any atom is -0.338 e. The van der Waals surface area contributed by atoms with Gasteiger partial charge in [0, 0.05) is 24.4 Å². The molecule has 1 amide bonds. The van der Waals surface area contributed by atoms with Crippen LogP contribution in [0.15, 0.2) is 17.5 Å². The van der Waals surface area contributed by atoms with Gasteiger partial charge in [-0.2, -0.15) is 0 Å². The fourth-order valence-corrected chi connectivity index (χ4v) is 2.18. The summed E-state index contributed by atoms with van der Waals surface area (Å²) in [6.45, 7) is 3.88. The maximum Gasteiger partial charge on any atom is 0.224 e. The zero-order valence-corrected chi connectivity index (χ0v) is 11.5. The van der Waals surface area contributed by atoms with Crippen molar-refractivity contribution in [2.45, 2.75) is 32.4 Å². The fourth-order valence-electron chi connectivity index (χ4n) is 1.36. The molecule has 0 aliphatic heterocycles. The Morgan fingerprint density at radius 2 is 2.19 bits per heavy atom. The van der Waals surface area contributed by atoms with Crippen molar-refractivity contribution in [1.82, 2.24) is 4.90 Å². The van der Waals surface area contributed by atoms with E-state index in [4.69, 9.17) is 5.73 Å². The second kappa shape index (κ2) is 6.89. The molecule has 1 heterocycles. The number of hydrogen-bond acceptors (Lipinski definition) is 3. The third kappa shape index (κ3) is 4.12. The Hall–Kier alpha value is -0.580. The topological polar surface area (TPSA) is 46.3 Å². The first-order chi connectivity index (χ1) is 7.02. The van der Waals surface area contributed by atoms with Gasteiger partial charge in [-0.15, -0.1) is 23.7 Å². The highest BCUT2D eigenvalue weighted by Crippen LogP contribution is 2.23. The molecule has 0 aliphatic rings. The third-order valence-corrected chi connectivity index (χ3v) is 3.47. The number of nitrogens with zero attached hydrogens (tertiary/aromatic N) is 1. The van der Waals surface area contributed by atoms with Crippen LogP contribution in [0.5, 0.6) is 0 Å². The zero-order chi connectivity index (χ0) is 11.4. The van der Waals surface area contributed by atoms with Crippen molar-refractivity contribution in [3.8, 4) is 0 Å². The lowest BCUT2D eigenvalue weighted by molar-refractivity contribution is -0.132. The summed E-state index contributed by atoms with van der Waals surface area (Å²) < 4.78 is 0. The number of rotatable bonds is 4. The van der Waals surface area contributed by atoms with E-state index in [1.54, 1.807) is 16.2 Å². The highest BCUT2D eigenvalue weighted by molar-refractivity contribution is 7.10. The van der Waals surface area contributed by atoms with Crippen LogP contribution in [0.3, 0.4) is 0 Å². The van der Waals surface area contributed by atoms with Crippen LogP contribution in [0.2, 0.25) is 0 Å². The molecule has 0 aliphatic carbocycles. The molecule has 0 radical (unpaired) electrons. The molecule has 1 aromatic heterocycles. The highest BCUT2D eigenvalue weighted by atomic mass is 35.5. The normalized spacial score (nSPS) is 13.8. The van der Waals surface area contributed by atoms with Gasteiger partial charge in [-0.3, -0.25) is 4.79 Å². The van der Waals surface area contributed by atoms with Crippen LogP contribution in [0.25, 0.3) is 0 Å². The number of halogens is 1. The molecule has 3 nitrogen and oxygen atoms in total. The molecular formula is C11H19ClN2OS. The van der Waals surface area contributed by atoms with Gasteiger partial charge in [0.25, 0.3) is 0 Å². The Kier molecular flexibility index (Phi) is 6.64. The Balaban J connectivity index is 0.00000225. The van der Waals surface area contributed by atoms with Gasteiger partial charge in [0.05, 0.1) is 6.04 Å². The van der Waals surface area contributed by atoms with Crippen molar-refractivity contribution in [2.75, 3.05) is 7.05 Å². The first kappa shape index (κ1) is 15.4. The quantitative estimate of drug-likeness (QED) is 0.906. The van der Waals surface area contributed by atoms with Crippen molar-refractivity contribution in [1.29, 1.82) is 0 Å². The third-order valence-electron chi connectivity index (χ3n) is 2.43. The predicted octanol–water partition coefficient (Wildman–Crippen LogP) is 2.43. The van der Waals surface area contributed by atoms with Gasteiger partial charge in [-0.25, -0.2) is 0 Å². The van der Waals surface area contributed by atoms with E-state index in [0.29, 0.717) is 6.42 Å². The van der Waals surface area contributed by atoms with Gasteiger partial charge in [0.15, 0.2) is 0 Å². The lowest BCUT2D eigenvalue weighted by Gasteiger charge is -2.24. The summed E-state index contributed by atoms with van der Waals surface area (Å²) in [6, 6.07) is 4.11. The minimum atomic E-state index is -0.0736. The number of thiophene rings is 1. The molecule has 1 rings (SSSR count). The van der Waals surface area contributed by atoms with E-state index in [0.717, 1.165) is 0 Å². The Bertz CT molecular complexity index is 314. The lowest BCUT2D eigenvalue weighted by Crippen LogP contribution is -2.33. The number of nitrogens with two attached hydrogens (primary N) is 1. The van der Waals surface area contributed by atoms with Gasteiger partial charge >= 0.3 is 0 Å². The monoisotopic (exact) mass is 262 g/mol. The van der Waals surface area contributed by atoms with Gasteiger partial charge in [-0.1, -0.05) is 6.07 Å². The molecule has 0 aromatic carbocycles. The van der Waals surface area contributed by atoms with Crippen LogP contribution in [0.4, 0.5) is 0 Å². The second-order valence-electron chi connectivity index (χ2n) is 3.88. The Morgan fingerprint density at radius 3 is 2.62 bits per heavy atom. The average molecular weight is 263 g/mol. The molecule has 0 bridgehead atoms. The van der Waals surface area contributed by atoms with Crippen molar-refractivity contribution >= 4 is 29.7 Å². The number of carbonyl (C=O) groups excluding carboxylic acids is 1. The summed E-state index contributed by atoms with van der Waals surface area (Å²) in [5, 5.41) is 2.02. The van der Waals surface area contributed by atoms with Crippen molar-refractivity contribution in [2.24, 2.45) is 5.73 Å². The highest BCUT2D eigenvalue weighted by Gasteiger charge is 2.18. The fraction of sp³-hybridized carbons (Fsp3) is 0.545. The number of carbonyl (C=O) groups is 1. The summed E-state index contributed by atoms with van der Waals surface area (Å²) in [6.07, 6.45) is 0.409. The number of hydrogen-bond donors (Lipinski definition) is 1. The van der Waals surface area contributed by atoms with Crippen LogP contribution in [0.1, 0.15) is 31.2 Å². The van der Waals surface area contributed by atoms with E-state index in [-0.39, 0.29) is 30.4 Å². The molecular weight excluding hydrogens is 244 g/mol. The van der Waals surface area contributed by atoms with Crippen LogP contribution in [0, 0.1) is 0 Å². The van der Waals surface area contributed by atoms with Crippen molar-refractivity contribution in [3.05, 3.63) is 22.4 Å². The van der Waals surface area contributed by atoms with Gasteiger partial charge in [0.2, 0.25) is 5.91 Å². The molecule has 0 saturated carbocycles. The molecule has 5 heteroatoms. The molecule has 2 atom stereocenters. The molecule has 92 valence electrons. The lowest BCUT2D eigenvalue weighted by atomic mass is 10.2. The molecule has 1 aromatic rings. The summed E-state index contributed by atoms with van der Waals surface area (Å²) in [5.74, 6) is 0.103. The zero-order valence-electron chi connectivity index (χ0n) is 9.84. The van der Waals surface area contributed by atoms with E-state index < -0.39 is 0 Å². The number of amides is 1. The Morgan fingerprint density at radius 1 is 1.56 bits per heavy atom. The van der Waals surface area contributed by atoms with Gasteiger partial charge in [0.1, 0.15) is 0 Å². The Labute approximate surface area is 107 Å². The van der Waals surface area contributed by atoms with Crippen LogP contribution in [-0.4, -0.2) is 23.9 Å².